The van der Waals surface area contributed by atoms with Gasteiger partial charge < -0.3 is 10.2 Å². The average Bonchev–Trinajstić information content (AvgIpc) is 2.61. The lowest BCUT2D eigenvalue weighted by molar-refractivity contribution is 0.209. The third kappa shape index (κ3) is 4.66. The molecule has 2 heterocycles. The Hall–Kier alpha value is -2.41. The van der Waals surface area contributed by atoms with Gasteiger partial charge in [0.25, 0.3) is 5.56 Å². The number of aromatic nitrogens is 3. The second-order valence-corrected chi connectivity index (χ2v) is 8.39. The van der Waals surface area contributed by atoms with Gasteiger partial charge in [-0.05, 0) is 38.1 Å². The molecule has 7 nitrogen and oxygen atoms in total. The van der Waals surface area contributed by atoms with Crippen LogP contribution in [0, 0.1) is 0 Å². The summed E-state index contributed by atoms with van der Waals surface area (Å²) < 4.78 is 0. The van der Waals surface area contributed by atoms with E-state index in [9.17, 15) is 4.79 Å². The number of H-pyrrole nitrogens is 1. The van der Waals surface area contributed by atoms with Crippen LogP contribution in [0.1, 0.15) is 40.3 Å². The predicted molar refractivity (Wildman–Crippen MR) is 110 cm³/mol. The summed E-state index contributed by atoms with van der Waals surface area (Å²) in [7, 11) is 0. The van der Waals surface area contributed by atoms with Crippen molar-refractivity contribution in [2.75, 3.05) is 36.4 Å². The number of anilines is 3. The summed E-state index contributed by atoms with van der Waals surface area (Å²) in [6.45, 7) is 14.6. The largest absolute Gasteiger partial charge is 0.369 e. The summed E-state index contributed by atoms with van der Waals surface area (Å²) in [5.41, 5.74) is 1.98. The van der Waals surface area contributed by atoms with Crippen LogP contribution in [0.3, 0.4) is 0 Å². The second kappa shape index (κ2) is 7.68. The number of nitrogens with zero attached hydrogens (tertiary/aromatic N) is 4. The van der Waals surface area contributed by atoms with Crippen molar-refractivity contribution in [1.82, 2.24) is 20.1 Å². The Labute approximate surface area is 160 Å². The zero-order chi connectivity index (χ0) is 19.6. The Morgan fingerprint density at radius 3 is 2.19 bits per heavy atom. The van der Waals surface area contributed by atoms with Gasteiger partial charge in [-0.25, -0.2) is 0 Å². The number of hydrogen-bond acceptors (Lipinski definition) is 6. The van der Waals surface area contributed by atoms with E-state index >= 15 is 0 Å². The number of rotatable bonds is 4. The highest BCUT2D eigenvalue weighted by atomic mass is 16.1. The zero-order valence-electron chi connectivity index (χ0n) is 16.9. The van der Waals surface area contributed by atoms with Gasteiger partial charge in [-0.2, -0.15) is 0 Å². The number of piperazine rings is 1. The average molecular weight is 371 g/mol. The van der Waals surface area contributed by atoms with E-state index in [-0.39, 0.29) is 11.0 Å². The maximum absolute atomic E-state index is 12.2. The minimum absolute atomic E-state index is 0.209. The molecule has 1 fully saturated rings. The Kier molecular flexibility index (Phi) is 5.51. The molecule has 3 rings (SSSR count). The maximum Gasteiger partial charge on any atom is 0.274 e. The lowest BCUT2D eigenvalue weighted by atomic mass is 9.93. The van der Waals surface area contributed by atoms with Gasteiger partial charge in [-0.15, -0.1) is 10.2 Å². The van der Waals surface area contributed by atoms with Gasteiger partial charge in [0.15, 0.2) is 0 Å². The van der Waals surface area contributed by atoms with E-state index < -0.39 is 0 Å². The molecule has 1 aromatic carbocycles. The smallest absolute Gasteiger partial charge is 0.274 e. The molecule has 0 amide bonds. The van der Waals surface area contributed by atoms with E-state index in [2.05, 4.69) is 56.3 Å². The summed E-state index contributed by atoms with van der Waals surface area (Å²) in [4.78, 5) is 19.9. The van der Waals surface area contributed by atoms with E-state index in [1.54, 1.807) is 0 Å². The van der Waals surface area contributed by atoms with Crippen LogP contribution in [0.4, 0.5) is 17.3 Å². The molecule has 0 atom stereocenters. The molecule has 2 N–H and O–H groups in total. The monoisotopic (exact) mass is 370 g/mol. The van der Waals surface area contributed by atoms with Gasteiger partial charge in [0, 0.05) is 49.0 Å². The topological polar surface area (TPSA) is 77.2 Å². The normalized spacial score (nSPS) is 16.0. The van der Waals surface area contributed by atoms with Crippen molar-refractivity contribution in [3.8, 4) is 0 Å². The van der Waals surface area contributed by atoms with Crippen molar-refractivity contribution in [3.63, 3.8) is 0 Å². The molecule has 0 unspecified atom stereocenters. The fourth-order valence-corrected chi connectivity index (χ4v) is 3.27. The van der Waals surface area contributed by atoms with Gasteiger partial charge in [-0.1, -0.05) is 20.8 Å². The highest BCUT2D eigenvalue weighted by Crippen LogP contribution is 2.21. The molecule has 146 valence electrons. The lowest BCUT2D eigenvalue weighted by Crippen LogP contribution is -2.48. The first-order valence-electron chi connectivity index (χ1n) is 9.57. The Bertz CT molecular complexity index is 814. The molecule has 0 spiro atoms. The van der Waals surface area contributed by atoms with Crippen LogP contribution in [0.15, 0.2) is 29.1 Å². The van der Waals surface area contributed by atoms with Gasteiger partial charge in [0.05, 0.1) is 0 Å². The SMILES string of the molecule is CC(C)N1CCN(c2ccc(Nc3nnc(C(C)(C)C)c(=O)[nH]3)cc2)CC1. The number of benzene rings is 1. The maximum atomic E-state index is 12.2. The van der Waals surface area contributed by atoms with Crippen LogP contribution < -0.4 is 15.8 Å². The summed E-state index contributed by atoms with van der Waals surface area (Å²) in [6.07, 6.45) is 0. The van der Waals surface area contributed by atoms with Gasteiger partial charge in [0.2, 0.25) is 5.95 Å². The highest BCUT2D eigenvalue weighted by Gasteiger charge is 2.21. The third-order valence-corrected chi connectivity index (χ3v) is 4.95. The van der Waals surface area contributed by atoms with Crippen molar-refractivity contribution in [1.29, 1.82) is 0 Å². The third-order valence-electron chi connectivity index (χ3n) is 4.95. The molecule has 1 aliphatic heterocycles. The molecular weight excluding hydrogens is 340 g/mol. The van der Waals surface area contributed by atoms with Gasteiger partial charge in [-0.3, -0.25) is 14.7 Å². The van der Waals surface area contributed by atoms with Crippen LogP contribution in [0.2, 0.25) is 0 Å². The first-order chi connectivity index (χ1) is 12.7. The van der Waals surface area contributed by atoms with Crippen LogP contribution in [0.25, 0.3) is 0 Å². The van der Waals surface area contributed by atoms with E-state index in [4.69, 9.17) is 0 Å². The number of nitrogens with one attached hydrogen (secondary N) is 2. The highest BCUT2D eigenvalue weighted by molar-refractivity contribution is 5.59. The summed E-state index contributed by atoms with van der Waals surface area (Å²) in [5.74, 6) is 0.353. The molecule has 1 saturated heterocycles. The Morgan fingerprint density at radius 1 is 1.04 bits per heavy atom. The summed E-state index contributed by atoms with van der Waals surface area (Å²) in [6, 6.07) is 8.81. The van der Waals surface area contributed by atoms with E-state index in [1.807, 2.05) is 32.9 Å². The van der Waals surface area contributed by atoms with Crippen LogP contribution in [-0.4, -0.2) is 52.3 Å². The minimum atomic E-state index is -0.333. The fourth-order valence-electron chi connectivity index (χ4n) is 3.27. The predicted octanol–water partition coefficient (Wildman–Crippen LogP) is 2.74. The molecule has 0 bridgehead atoms. The first-order valence-corrected chi connectivity index (χ1v) is 9.57. The molecule has 27 heavy (non-hydrogen) atoms. The molecule has 0 aliphatic carbocycles. The molecule has 1 aromatic heterocycles. The van der Waals surface area contributed by atoms with Gasteiger partial charge in [0.1, 0.15) is 5.69 Å². The van der Waals surface area contributed by atoms with Crippen molar-refractivity contribution < 1.29 is 0 Å². The standard InChI is InChI=1S/C20H30N6O/c1-14(2)25-10-12-26(13-11-25)16-8-6-15(7-9-16)21-19-22-18(27)17(23-24-19)20(3,4)5/h6-9,14H,10-13H2,1-5H3,(H2,21,22,24,27). The number of aromatic amines is 1. The first kappa shape index (κ1) is 19.4. The molecule has 7 heteroatoms. The van der Waals surface area contributed by atoms with Crippen LogP contribution in [-0.2, 0) is 5.41 Å². The molecule has 0 saturated carbocycles. The van der Waals surface area contributed by atoms with E-state index in [0.717, 1.165) is 31.9 Å². The summed E-state index contributed by atoms with van der Waals surface area (Å²) >= 11 is 0. The quantitative estimate of drug-likeness (QED) is 0.862. The van der Waals surface area contributed by atoms with E-state index in [1.165, 1.54) is 5.69 Å². The lowest BCUT2D eigenvalue weighted by Gasteiger charge is -2.38. The molecule has 1 aliphatic rings. The van der Waals surface area contributed by atoms with Gasteiger partial charge >= 0.3 is 0 Å². The van der Waals surface area contributed by atoms with Crippen LogP contribution in [0.5, 0.6) is 0 Å². The molecule has 2 aromatic rings. The van der Waals surface area contributed by atoms with Crippen molar-refractivity contribution in [2.24, 2.45) is 0 Å². The minimum Gasteiger partial charge on any atom is -0.369 e. The second-order valence-electron chi connectivity index (χ2n) is 8.39. The summed E-state index contributed by atoms with van der Waals surface area (Å²) in [5, 5.41) is 11.3. The Balaban J connectivity index is 1.65. The van der Waals surface area contributed by atoms with Crippen molar-refractivity contribution in [2.45, 2.75) is 46.1 Å². The van der Waals surface area contributed by atoms with E-state index in [0.29, 0.717) is 17.7 Å². The van der Waals surface area contributed by atoms with Crippen molar-refractivity contribution >= 4 is 17.3 Å². The Morgan fingerprint density at radius 2 is 1.67 bits per heavy atom. The van der Waals surface area contributed by atoms with Crippen LogP contribution >= 0.6 is 0 Å². The van der Waals surface area contributed by atoms with Crippen molar-refractivity contribution in [3.05, 3.63) is 40.3 Å². The number of hydrogen-bond donors (Lipinski definition) is 2. The fraction of sp³-hybridized carbons (Fsp3) is 0.550. The molecular formula is C20H30N6O. The molecule has 0 radical (unpaired) electrons. The zero-order valence-corrected chi connectivity index (χ0v) is 16.9.